The van der Waals surface area contributed by atoms with Gasteiger partial charge in [0.1, 0.15) is 6.33 Å². The van der Waals surface area contributed by atoms with Crippen molar-refractivity contribution in [2.75, 3.05) is 62.4 Å². The van der Waals surface area contributed by atoms with E-state index in [0.717, 1.165) is 60.4 Å². The number of anilines is 4. The molecular formula is C26H28N10. The second-order valence-corrected chi connectivity index (χ2v) is 8.99. The first kappa shape index (κ1) is 23.3. The van der Waals surface area contributed by atoms with Crippen LogP contribution < -0.4 is 15.1 Å². The molecule has 1 aliphatic heterocycles. The fraction of sp³-hybridized carbons (Fsp3) is 0.269. The second kappa shape index (κ2) is 10.0. The van der Waals surface area contributed by atoms with E-state index >= 15 is 0 Å². The molecule has 5 rings (SSSR count). The molecule has 0 radical (unpaired) electrons. The second-order valence-electron chi connectivity index (χ2n) is 8.99. The van der Waals surface area contributed by atoms with Gasteiger partial charge in [0.2, 0.25) is 11.9 Å². The number of rotatable bonds is 6. The Morgan fingerprint density at radius 3 is 2.47 bits per heavy atom. The Morgan fingerprint density at radius 1 is 0.972 bits per heavy atom. The van der Waals surface area contributed by atoms with Gasteiger partial charge >= 0.3 is 0 Å². The molecule has 10 nitrogen and oxygen atoms in total. The summed E-state index contributed by atoms with van der Waals surface area (Å²) in [6.45, 7) is 3.89. The number of nitrogens with zero attached hydrogens (tertiary/aromatic N) is 9. The van der Waals surface area contributed by atoms with Crippen LogP contribution in [0.1, 0.15) is 5.56 Å². The van der Waals surface area contributed by atoms with Gasteiger partial charge in [0.15, 0.2) is 0 Å². The maximum atomic E-state index is 9.42. The van der Waals surface area contributed by atoms with E-state index < -0.39 is 0 Å². The van der Waals surface area contributed by atoms with Crippen molar-refractivity contribution in [2.24, 2.45) is 0 Å². The van der Waals surface area contributed by atoms with E-state index in [1.807, 2.05) is 67.5 Å². The first-order valence-corrected chi connectivity index (χ1v) is 11.8. The van der Waals surface area contributed by atoms with Gasteiger partial charge in [-0.05, 0) is 55.6 Å². The predicted molar refractivity (Wildman–Crippen MR) is 141 cm³/mol. The number of hydrogen-bond acceptors (Lipinski definition) is 9. The van der Waals surface area contributed by atoms with Crippen molar-refractivity contribution in [1.82, 2.24) is 29.6 Å². The minimum absolute atomic E-state index is 0.479. The van der Waals surface area contributed by atoms with E-state index in [0.29, 0.717) is 11.5 Å². The smallest absolute Gasteiger partial charge is 0.245 e. The zero-order valence-electron chi connectivity index (χ0n) is 20.6. The summed E-state index contributed by atoms with van der Waals surface area (Å²) in [5.41, 5.74) is 4.91. The molecule has 1 saturated heterocycles. The lowest BCUT2D eigenvalue weighted by Gasteiger charge is -2.31. The molecule has 0 spiro atoms. The predicted octanol–water partition coefficient (Wildman–Crippen LogP) is 3.16. The first-order chi connectivity index (χ1) is 17.5. The van der Waals surface area contributed by atoms with E-state index in [1.165, 1.54) is 0 Å². The summed E-state index contributed by atoms with van der Waals surface area (Å²) in [7, 11) is 6.03. The Bertz CT molecular complexity index is 1380. The number of hydrogen-bond donors (Lipinski definition) is 1. The van der Waals surface area contributed by atoms with Crippen LogP contribution in [-0.4, -0.2) is 77.0 Å². The summed E-state index contributed by atoms with van der Waals surface area (Å²) in [4.78, 5) is 20.0. The molecule has 10 heteroatoms. The van der Waals surface area contributed by atoms with Crippen LogP contribution in [0.5, 0.6) is 0 Å². The number of benzene rings is 2. The molecule has 0 amide bonds. The fourth-order valence-electron chi connectivity index (χ4n) is 4.02. The minimum Gasteiger partial charge on any atom is -0.378 e. The maximum absolute atomic E-state index is 9.42. The maximum Gasteiger partial charge on any atom is 0.245 e. The van der Waals surface area contributed by atoms with Gasteiger partial charge in [-0.15, -0.1) is 5.10 Å². The molecule has 182 valence electrons. The third-order valence-corrected chi connectivity index (χ3v) is 6.17. The third-order valence-electron chi connectivity index (χ3n) is 6.17. The average Bonchev–Trinajstić information content (AvgIpc) is 3.40. The van der Waals surface area contributed by atoms with Crippen LogP contribution in [0, 0.1) is 11.3 Å². The molecule has 0 unspecified atom stereocenters. The average molecular weight is 481 g/mol. The van der Waals surface area contributed by atoms with Crippen molar-refractivity contribution >= 4 is 23.3 Å². The molecule has 4 aromatic rings. The monoisotopic (exact) mass is 480 g/mol. The third kappa shape index (κ3) is 5.11. The highest BCUT2D eigenvalue weighted by Gasteiger charge is 2.17. The lowest BCUT2D eigenvalue weighted by atomic mass is 10.1. The Balaban J connectivity index is 1.30. The zero-order valence-corrected chi connectivity index (χ0v) is 20.6. The number of likely N-dealkylation sites (N-methyl/N-ethyl adjacent to an activating group) is 1. The summed E-state index contributed by atoms with van der Waals surface area (Å²) >= 11 is 0. The normalized spacial score (nSPS) is 13.9. The van der Waals surface area contributed by atoms with Crippen molar-refractivity contribution in [2.45, 2.75) is 0 Å². The van der Waals surface area contributed by atoms with Crippen molar-refractivity contribution in [1.29, 1.82) is 5.26 Å². The van der Waals surface area contributed by atoms with Gasteiger partial charge in [-0.3, -0.25) is 0 Å². The molecule has 0 atom stereocenters. The summed E-state index contributed by atoms with van der Waals surface area (Å²) in [5, 5.41) is 17.3. The van der Waals surface area contributed by atoms with Crippen LogP contribution in [0.25, 0.3) is 16.9 Å². The SMILES string of the molecule is CN1CCN(c2ncn(-c3ccc(Nc4nccc(-c5cc(C#N)cc(N(C)C)c5)n4)cc3)n2)CC1. The molecule has 0 saturated carbocycles. The molecule has 0 aliphatic carbocycles. The highest BCUT2D eigenvalue weighted by molar-refractivity contribution is 5.69. The lowest BCUT2D eigenvalue weighted by Crippen LogP contribution is -2.45. The Labute approximate surface area is 210 Å². The molecular weight excluding hydrogens is 452 g/mol. The van der Waals surface area contributed by atoms with Gasteiger partial charge in [0, 0.05) is 63.4 Å². The van der Waals surface area contributed by atoms with Crippen molar-refractivity contribution < 1.29 is 0 Å². The Kier molecular flexibility index (Phi) is 6.47. The van der Waals surface area contributed by atoms with Crippen LogP contribution in [0.2, 0.25) is 0 Å². The Hall–Kier alpha value is -4.49. The molecule has 1 N–H and O–H groups in total. The number of nitrogens with one attached hydrogen (secondary N) is 1. The standard InChI is InChI=1S/C26H28N10/c1-33(2)23-15-19(17-27)14-20(16-23)24-8-9-28-25(31-24)30-21-4-6-22(7-5-21)36-18-29-26(32-36)35-12-10-34(3)11-13-35/h4-9,14-16,18H,10-13H2,1-3H3,(H,28,30,31). The molecule has 0 bridgehead atoms. The Morgan fingerprint density at radius 2 is 1.75 bits per heavy atom. The quantitative estimate of drug-likeness (QED) is 0.446. The fourth-order valence-corrected chi connectivity index (χ4v) is 4.02. The van der Waals surface area contributed by atoms with Gasteiger partial charge in [0.05, 0.1) is 23.0 Å². The van der Waals surface area contributed by atoms with Crippen molar-refractivity contribution in [3.8, 4) is 23.0 Å². The summed E-state index contributed by atoms with van der Waals surface area (Å²) in [6, 6.07) is 17.7. The number of piperazine rings is 1. The summed E-state index contributed by atoms with van der Waals surface area (Å²) < 4.78 is 1.79. The molecule has 2 aromatic heterocycles. The van der Waals surface area contributed by atoms with E-state index in [-0.39, 0.29) is 0 Å². The van der Waals surface area contributed by atoms with Gasteiger partial charge in [0.25, 0.3) is 0 Å². The van der Waals surface area contributed by atoms with Crippen molar-refractivity contribution in [3.05, 3.63) is 66.6 Å². The molecule has 36 heavy (non-hydrogen) atoms. The van der Waals surface area contributed by atoms with E-state index in [2.05, 4.69) is 48.3 Å². The highest BCUT2D eigenvalue weighted by Crippen LogP contribution is 2.26. The van der Waals surface area contributed by atoms with Crippen LogP contribution in [0.4, 0.5) is 23.3 Å². The van der Waals surface area contributed by atoms with Crippen molar-refractivity contribution in [3.63, 3.8) is 0 Å². The molecule has 2 aromatic carbocycles. The molecule has 3 heterocycles. The highest BCUT2D eigenvalue weighted by atomic mass is 15.4. The van der Waals surface area contributed by atoms with E-state index in [9.17, 15) is 5.26 Å². The van der Waals surface area contributed by atoms with Gasteiger partial charge in [-0.2, -0.15) is 10.2 Å². The van der Waals surface area contributed by atoms with Crippen LogP contribution >= 0.6 is 0 Å². The van der Waals surface area contributed by atoms with Crippen LogP contribution in [0.15, 0.2) is 61.1 Å². The van der Waals surface area contributed by atoms with Crippen LogP contribution in [0.3, 0.4) is 0 Å². The first-order valence-electron chi connectivity index (χ1n) is 11.8. The van der Waals surface area contributed by atoms with Gasteiger partial charge < -0.3 is 20.0 Å². The lowest BCUT2D eigenvalue weighted by molar-refractivity contribution is 0.311. The number of nitriles is 1. The minimum atomic E-state index is 0.479. The summed E-state index contributed by atoms with van der Waals surface area (Å²) in [5.74, 6) is 1.24. The van der Waals surface area contributed by atoms with E-state index in [4.69, 9.17) is 0 Å². The van der Waals surface area contributed by atoms with Gasteiger partial charge in [-0.25, -0.2) is 14.6 Å². The van der Waals surface area contributed by atoms with E-state index in [1.54, 1.807) is 17.2 Å². The molecule has 1 aliphatic rings. The topological polar surface area (TPSA) is 102 Å². The van der Waals surface area contributed by atoms with Gasteiger partial charge in [-0.1, -0.05) is 0 Å². The zero-order chi connectivity index (χ0) is 25.1. The summed E-state index contributed by atoms with van der Waals surface area (Å²) in [6.07, 6.45) is 3.46. The largest absolute Gasteiger partial charge is 0.378 e. The molecule has 1 fully saturated rings. The number of aromatic nitrogens is 5. The van der Waals surface area contributed by atoms with Crippen LogP contribution in [-0.2, 0) is 0 Å².